The van der Waals surface area contributed by atoms with Crippen LogP contribution in [0, 0.1) is 12.8 Å². The van der Waals surface area contributed by atoms with Crippen molar-refractivity contribution in [2.24, 2.45) is 5.92 Å². The minimum Gasteiger partial charge on any atom is -0.357 e. The van der Waals surface area contributed by atoms with Gasteiger partial charge in [-0.25, -0.2) is 4.98 Å². The highest BCUT2D eigenvalue weighted by Crippen LogP contribution is 2.27. The first-order valence-corrected chi connectivity index (χ1v) is 7.56. The molecule has 1 aromatic carbocycles. The average Bonchev–Trinajstić information content (AvgIpc) is 2.68. The third-order valence-electron chi connectivity index (χ3n) is 3.22. The Balaban J connectivity index is 2.19. The number of anilines is 1. The highest BCUT2D eigenvalue weighted by molar-refractivity contribution is 7.22. The Bertz CT molecular complexity index is 545. The fraction of sp³-hybridized carbons (Fsp3) is 0.533. The average molecular weight is 277 g/mol. The molecule has 3 nitrogen and oxygen atoms in total. The Hall–Kier alpha value is -1.13. The van der Waals surface area contributed by atoms with Crippen molar-refractivity contribution in [3.05, 3.63) is 23.8 Å². The number of hydrogen-bond donors (Lipinski definition) is 1. The van der Waals surface area contributed by atoms with Crippen LogP contribution in [-0.2, 0) is 0 Å². The molecule has 0 saturated carbocycles. The van der Waals surface area contributed by atoms with E-state index in [4.69, 9.17) is 4.98 Å². The molecule has 0 spiro atoms. The zero-order chi connectivity index (χ0) is 14.0. The standard InChI is InChI=1S/C15H23N3S/c1-10(2)13(9-18(4)5)17-15-16-12-8-11(3)6-7-14(12)19-15/h6-8,10,13H,9H2,1-5H3,(H,16,17). The second-order valence-corrected chi connectivity index (χ2v) is 6.78. The third kappa shape index (κ3) is 3.67. The maximum atomic E-state index is 4.69. The maximum absolute atomic E-state index is 4.69. The number of fused-ring (bicyclic) bond motifs is 1. The molecule has 2 rings (SSSR count). The van der Waals surface area contributed by atoms with Gasteiger partial charge in [0.2, 0.25) is 0 Å². The summed E-state index contributed by atoms with van der Waals surface area (Å²) in [5.41, 5.74) is 2.36. The van der Waals surface area contributed by atoms with E-state index >= 15 is 0 Å². The van der Waals surface area contributed by atoms with Crippen LogP contribution in [0.5, 0.6) is 0 Å². The molecule has 4 heteroatoms. The van der Waals surface area contributed by atoms with Gasteiger partial charge in [-0.05, 0) is 44.6 Å². The predicted octanol–water partition coefficient (Wildman–Crippen LogP) is 3.60. The molecular weight excluding hydrogens is 254 g/mol. The van der Waals surface area contributed by atoms with Crippen molar-refractivity contribution < 1.29 is 0 Å². The number of likely N-dealkylation sites (N-methyl/N-ethyl adjacent to an activating group) is 1. The summed E-state index contributed by atoms with van der Waals surface area (Å²) in [6.07, 6.45) is 0. The summed E-state index contributed by atoms with van der Waals surface area (Å²) in [6, 6.07) is 6.87. The number of aryl methyl sites for hydroxylation is 1. The normalized spacial score (nSPS) is 13.4. The van der Waals surface area contributed by atoms with Gasteiger partial charge in [0.15, 0.2) is 5.13 Å². The van der Waals surface area contributed by atoms with Gasteiger partial charge in [-0.3, -0.25) is 0 Å². The van der Waals surface area contributed by atoms with E-state index in [1.807, 2.05) is 0 Å². The summed E-state index contributed by atoms with van der Waals surface area (Å²) in [4.78, 5) is 6.91. The molecule has 0 aliphatic carbocycles. The van der Waals surface area contributed by atoms with E-state index < -0.39 is 0 Å². The van der Waals surface area contributed by atoms with Crippen molar-refractivity contribution in [3.63, 3.8) is 0 Å². The maximum Gasteiger partial charge on any atom is 0.184 e. The Morgan fingerprint density at radius 3 is 2.68 bits per heavy atom. The van der Waals surface area contributed by atoms with E-state index in [0.717, 1.165) is 17.2 Å². The van der Waals surface area contributed by atoms with Crippen molar-refractivity contribution in [2.45, 2.75) is 26.8 Å². The van der Waals surface area contributed by atoms with Crippen LogP contribution >= 0.6 is 11.3 Å². The monoisotopic (exact) mass is 277 g/mol. The van der Waals surface area contributed by atoms with Gasteiger partial charge in [0, 0.05) is 12.6 Å². The van der Waals surface area contributed by atoms with E-state index in [0.29, 0.717) is 12.0 Å². The molecule has 0 aliphatic heterocycles. The molecule has 0 fully saturated rings. The first-order valence-electron chi connectivity index (χ1n) is 6.74. The number of aromatic nitrogens is 1. The number of nitrogens with zero attached hydrogens (tertiary/aromatic N) is 2. The van der Waals surface area contributed by atoms with Gasteiger partial charge in [0.05, 0.1) is 10.2 Å². The van der Waals surface area contributed by atoms with Crippen molar-refractivity contribution in [2.75, 3.05) is 26.0 Å². The molecule has 1 N–H and O–H groups in total. The predicted molar refractivity (Wildman–Crippen MR) is 85.2 cm³/mol. The lowest BCUT2D eigenvalue weighted by Gasteiger charge is -2.25. The van der Waals surface area contributed by atoms with Gasteiger partial charge >= 0.3 is 0 Å². The molecule has 1 atom stereocenters. The third-order valence-corrected chi connectivity index (χ3v) is 4.19. The number of hydrogen-bond acceptors (Lipinski definition) is 4. The summed E-state index contributed by atoms with van der Waals surface area (Å²) in [6.45, 7) is 7.62. The van der Waals surface area contributed by atoms with E-state index in [1.165, 1.54) is 10.3 Å². The lowest BCUT2D eigenvalue weighted by atomic mass is 10.0. The molecule has 0 saturated heterocycles. The Kier molecular flexibility index (Phi) is 4.42. The molecule has 19 heavy (non-hydrogen) atoms. The van der Waals surface area contributed by atoms with Crippen LogP contribution in [0.2, 0.25) is 0 Å². The molecule has 1 unspecified atom stereocenters. The zero-order valence-electron chi connectivity index (χ0n) is 12.4. The molecule has 1 heterocycles. The molecule has 1 aromatic heterocycles. The van der Waals surface area contributed by atoms with Gasteiger partial charge in [0.1, 0.15) is 0 Å². The number of nitrogens with one attached hydrogen (secondary N) is 1. The minimum absolute atomic E-state index is 0.427. The van der Waals surface area contributed by atoms with Crippen LogP contribution in [0.1, 0.15) is 19.4 Å². The Morgan fingerprint density at radius 2 is 2.05 bits per heavy atom. The van der Waals surface area contributed by atoms with E-state index in [1.54, 1.807) is 11.3 Å². The van der Waals surface area contributed by atoms with Crippen molar-refractivity contribution in [3.8, 4) is 0 Å². The minimum atomic E-state index is 0.427. The van der Waals surface area contributed by atoms with Crippen LogP contribution in [0.3, 0.4) is 0 Å². The number of thiazole rings is 1. The highest BCUT2D eigenvalue weighted by Gasteiger charge is 2.16. The van der Waals surface area contributed by atoms with E-state index in [-0.39, 0.29) is 0 Å². The van der Waals surface area contributed by atoms with Gasteiger partial charge in [-0.1, -0.05) is 31.3 Å². The van der Waals surface area contributed by atoms with Crippen LogP contribution in [0.25, 0.3) is 10.2 Å². The van der Waals surface area contributed by atoms with Crippen molar-refractivity contribution in [1.82, 2.24) is 9.88 Å². The number of benzene rings is 1. The largest absolute Gasteiger partial charge is 0.357 e. The van der Waals surface area contributed by atoms with E-state index in [2.05, 4.69) is 63.3 Å². The number of rotatable bonds is 5. The molecule has 0 amide bonds. The van der Waals surface area contributed by atoms with Gasteiger partial charge in [0.25, 0.3) is 0 Å². The van der Waals surface area contributed by atoms with Crippen LogP contribution < -0.4 is 5.32 Å². The van der Waals surface area contributed by atoms with Crippen LogP contribution in [0.15, 0.2) is 18.2 Å². The molecule has 104 valence electrons. The molecule has 0 radical (unpaired) electrons. The molecule has 2 aromatic rings. The summed E-state index contributed by atoms with van der Waals surface area (Å²) < 4.78 is 1.25. The van der Waals surface area contributed by atoms with Crippen LogP contribution in [0.4, 0.5) is 5.13 Å². The van der Waals surface area contributed by atoms with Gasteiger partial charge in [-0.2, -0.15) is 0 Å². The summed E-state index contributed by atoms with van der Waals surface area (Å²) in [7, 11) is 4.22. The van der Waals surface area contributed by atoms with E-state index in [9.17, 15) is 0 Å². The lowest BCUT2D eigenvalue weighted by Crippen LogP contribution is -2.36. The van der Waals surface area contributed by atoms with Crippen LogP contribution in [-0.4, -0.2) is 36.6 Å². The van der Waals surface area contributed by atoms with Gasteiger partial charge in [-0.15, -0.1) is 0 Å². The molecule has 0 bridgehead atoms. The second-order valence-electron chi connectivity index (χ2n) is 5.75. The first kappa shape index (κ1) is 14.3. The quantitative estimate of drug-likeness (QED) is 0.905. The molecule has 0 aliphatic rings. The molecular formula is C15H23N3S. The fourth-order valence-electron chi connectivity index (χ4n) is 2.07. The van der Waals surface area contributed by atoms with Crippen molar-refractivity contribution >= 4 is 26.7 Å². The SMILES string of the molecule is Cc1ccc2sc(NC(CN(C)C)C(C)C)nc2c1. The fourth-order valence-corrected chi connectivity index (χ4v) is 2.98. The summed E-state index contributed by atoms with van der Waals surface area (Å²) in [5, 5.41) is 4.61. The first-order chi connectivity index (χ1) is 8.95. The van der Waals surface area contributed by atoms with Crippen molar-refractivity contribution in [1.29, 1.82) is 0 Å². The highest BCUT2D eigenvalue weighted by atomic mass is 32.1. The summed E-state index contributed by atoms with van der Waals surface area (Å²) >= 11 is 1.74. The van der Waals surface area contributed by atoms with Gasteiger partial charge < -0.3 is 10.2 Å². The Labute approximate surface area is 119 Å². The topological polar surface area (TPSA) is 28.2 Å². The Morgan fingerprint density at radius 1 is 1.32 bits per heavy atom. The second kappa shape index (κ2) is 5.88. The lowest BCUT2D eigenvalue weighted by molar-refractivity contribution is 0.344. The summed E-state index contributed by atoms with van der Waals surface area (Å²) in [5.74, 6) is 0.580. The zero-order valence-corrected chi connectivity index (χ0v) is 13.2. The smallest absolute Gasteiger partial charge is 0.184 e.